The van der Waals surface area contributed by atoms with Crippen molar-refractivity contribution in [3.8, 4) is 5.88 Å². The van der Waals surface area contributed by atoms with Gasteiger partial charge in [0.1, 0.15) is 5.56 Å². The summed E-state index contributed by atoms with van der Waals surface area (Å²) in [7, 11) is 2.12. The van der Waals surface area contributed by atoms with E-state index in [9.17, 15) is 4.79 Å². The molecule has 2 rings (SSSR count). The molecule has 6 nitrogen and oxygen atoms in total. The van der Waals surface area contributed by atoms with Crippen molar-refractivity contribution in [2.45, 2.75) is 25.3 Å². The van der Waals surface area contributed by atoms with Crippen molar-refractivity contribution in [2.75, 3.05) is 25.9 Å². The number of likely N-dealkylation sites (tertiary alicyclic amines) is 1. The summed E-state index contributed by atoms with van der Waals surface area (Å²) < 4.78 is 5.57. The van der Waals surface area contributed by atoms with Gasteiger partial charge in [0.25, 0.3) is 5.91 Å². The fourth-order valence-corrected chi connectivity index (χ4v) is 2.40. The molecular formula is C13H20N4O2. The second-order valence-electron chi connectivity index (χ2n) is 4.90. The summed E-state index contributed by atoms with van der Waals surface area (Å²) in [4.78, 5) is 17.6. The molecule has 1 saturated heterocycles. The average molecular weight is 264 g/mol. The molecule has 0 bridgehead atoms. The van der Waals surface area contributed by atoms with Crippen molar-refractivity contribution in [3.05, 3.63) is 17.8 Å². The molecule has 4 N–H and O–H groups in total. The Balaban J connectivity index is 1.94. The van der Waals surface area contributed by atoms with Crippen molar-refractivity contribution >= 4 is 11.6 Å². The predicted molar refractivity (Wildman–Crippen MR) is 72.9 cm³/mol. The number of carbonyl (C=O) groups is 1. The van der Waals surface area contributed by atoms with Gasteiger partial charge in [0.2, 0.25) is 5.88 Å². The number of pyridine rings is 1. The van der Waals surface area contributed by atoms with E-state index in [0.29, 0.717) is 18.3 Å². The Morgan fingerprint density at radius 1 is 1.63 bits per heavy atom. The first-order valence-corrected chi connectivity index (χ1v) is 6.46. The van der Waals surface area contributed by atoms with Gasteiger partial charge in [-0.2, -0.15) is 0 Å². The second-order valence-corrected chi connectivity index (χ2v) is 4.90. The van der Waals surface area contributed by atoms with Crippen LogP contribution in [0.15, 0.2) is 12.3 Å². The van der Waals surface area contributed by atoms with Crippen LogP contribution in [0, 0.1) is 0 Å². The highest BCUT2D eigenvalue weighted by molar-refractivity contribution is 5.95. The van der Waals surface area contributed by atoms with Crippen molar-refractivity contribution in [1.29, 1.82) is 0 Å². The fourth-order valence-electron chi connectivity index (χ4n) is 2.40. The predicted octanol–water partition coefficient (Wildman–Crippen LogP) is 0.626. The van der Waals surface area contributed by atoms with Gasteiger partial charge in [-0.3, -0.25) is 4.79 Å². The minimum absolute atomic E-state index is 0.236. The second kappa shape index (κ2) is 5.88. The number of aromatic nitrogens is 1. The molecule has 1 aliphatic rings. The van der Waals surface area contributed by atoms with Gasteiger partial charge < -0.3 is 21.1 Å². The van der Waals surface area contributed by atoms with Crippen LogP contribution < -0.4 is 16.2 Å². The Morgan fingerprint density at radius 3 is 3.05 bits per heavy atom. The number of ether oxygens (including phenoxy) is 1. The van der Waals surface area contributed by atoms with Crippen molar-refractivity contribution < 1.29 is 9.53 Å². The van der Waals surface area contributed by atoms with Gasteiger partial charge >= 0.3 is 0 Å². The molecule has 1 atom stereocenters. The summed E-state index contributed by atoms with van der Waals surface area (Å²) in [6, 6.07) is 2.04. The first-order chi connectivity index (χ1) is 9.08. The lowest BCUT2D eigenvalue weighted by molar-refractivity contribution is 0.0995. The van der Waals surface area contributed by atoms with E-state index >= 15 is 0 Å². The van der Waals surface area contributed by atoms with Crippen molar-refractivity contribution in [3.63, 3.8) is 0 Å². The number of hydrogen-bond donors (Lipinski definition) is 2. The number of primary amides is 1. The van der Waals surface area contributed by atoms with E-state index in [0.717, 1.165) is 13.0 Å². The van der Waals surface area contributed by atoms with Crippen molar-refractivity contribution in [1.82, 2.24) is 9.88 Å². The van der Waals surface area contributed by atoms with E-state index < -0.39 is 5.91 Å². The molecule has 19 heavy (non-hydrogen) atoms. The molecule has 0 radical (unpaired) electrons. The van der Waals surface area contributed by atoms with Gasteiger partial charge in [0.15, 0.2) is 0 Å². The van der Waals surface area contributed by atoms with Crippen LogP contribution in [0.3, 0.4) is 0 Å². The quantitative estimate of drug-likeness (QED) is 0.813. The number of amides is 1. The number of nitrogen functional groups attached to an aromatic ring is 1. The Labute approximate surface area is 112 Å². The number of nitrogens with two attached hydrogens (primary N) is 2. The minimum Gasteiger partial charge on any atom is -0.477 e. The van der Waals surface area contributed by atoms with Crippen LogP contribution in [0.1, 0.15) is 29.6 Å². The molecule has 0 aromatic carbocycles. The van der Waals surface area contributed by atoms with Crippen LogP contribution in [0.5, 0.6) is 5.88 Å². The summed E-state index contributed by atoms with van der Waals surface area (Å²) in [5.74, 6) is -0.310. The third-order valence-corrected chi connectivity index (χ3v) is 3.50. The molecule has 1 amide bonds. The fraction of sp³-hybridized carbons (Fsp3) is 0.538. The summed E-state index contributed by atoms with van der Waals surface area (Å²) >= 11 is 0. The number of rotatable bonds is 5. The van der Waals surface area contributed by atoms with E-state index in [4.69, 9.17) is 16.2 Å². The van der Waals surface area contributed by atoms with Crippen LogP contribution in [-0.2, 0) is 0 Å². The zero-order valence-electron chi connectivity index (χ0n) is 11.1. The Kier molecular flexibility index (Phi) is 4.21. The summed E-state index contributed by atoms with van der Waals surface area (Å²) in [5, 5.41) is 0. The molecule has 104 valence electrons. The number of carbonyl (C=O) groups excluding carboxylic acids is 1. The topological polar surface area (TPSA) is 94.5 Å². The minimum atomic E-state index is -0.576. The third-order valence-electron chi connectivity index (χ3n) is 3.50. The molecule has 1 aliphatic heterocycles. The third kappa shape index (κ3) is 3.35. The standard InChI is InChI=1S/C13H20N4O2/c1-17-5-2-3-10(17)4-6-19-13-11(12(15)18)7-9(14)8-16-13/h7-8,10H,2-6,14H2,1H3,(H2,15,18). The molecular weight excluding hydrogens is 244 g/mol. The number of nitrogens with zero attached hydrogens (tertiary/aromatic N) is 2. The van der Waals surface area contributed by atoms with Crippen LogP contribution in [0.25, 0.3) is 0 Å². The maximum Gasteiger partial charge on any atom is 0.254 e. The lowest BCUT2D eigenvalue weighted by atomic mass is 10.1. The Morgan fingerprint density at radius 2 is 2.42 bits per heavy atom. The van der Waals surface area contributed by atoms with Gasteiger partial charge in [-0.15, -0.1) is 0 Å². The largest absolute Gasteiger partial charge is 0.477 e. The van der Waals surface area contributed by atoms with Gasteiger partial charge in [0, 0.05) is 6.04 Å². The molecule has 1 aromatic heterocycles. The maximum atomic E-state index is 11.3. The van der Waals surface area contributed by atoms with Crippen LogP contribution >= 0.6 is 0 Å². The van der Waals surface area contributed by atoms with Crippen molar-refractivity contribution in [2.24, 2.45) is 5.73 Å². The van der Waals surface area contributed by atoms with E-state index in [1.807, 2.05) is 0 Å². The highest BCUT2D eigenvalue weighted by Gasteiger charge is 2.21. The first kappa shape index (κ1) is 13.6. The number of hydrogen-bond acceptors (Lipinski definition) is 5. The molecule has 2 heterocycles. The molecule has 0 saturated carbocycles. The van der Waals surface area contributed by atoms with E-state index in [2.05, 4.69) is 16.9 Å². The summed E-state index contributed by atoms with van der Waals surface area (Å²) in [5.41, 5.74) is 11.5. The lowest BCUT2D eigenvalue weighted by Gasteiger charge is -2.19. The molecule has 1 aromatic rings. The zero-order chi connectivity index (χ0) is 13.8. The number of anilines is 1. The Bertz CT molecular complexity index is 464. The van der Waals surface area contributed by atoms with Crippen LogP contribution in [0.2, 0.25) is 0 Å². The normalized spacial score (nSPS) is 19.5. The molecule has 1 fully saturated rings. The maximum absolute atomic E-state index is 11.3. The first-order valence-electron chi connectivity index (χ1n) is 6.46. The summed E-state index contributed by atoms with van der Waals surface area (Å²) in [6.45, 7) is 1.66. The van der Waals surface area contributed by atoms with Crippen LogP contribution in [0.4, 0.5) is 5.69 Å². The Hall–Kier alpha value is -1.82. The molecule has 0 spiro atoms. The smallest absolute Gasteiger partial charge is 0.254 e. The van der Waals surface area contributed by atoms with E-state index in [1.165, 1.54) is 25.1 Å². The van der Waals surface area contributed by atoms with Gasteiger partial charge in [-0.05, 0) is 38.9 Å². The van der Waals surface area contributed by atoms with Gasteiger partial charge in [-0.1, -0.05) is 0 Å². The SMILES string of the molecule is CN1CCCC1CCOc1ncc(N)cc1C(N)=O. The highest BCUT2D eigenvalue weighted by Crippen LogP contribution is 2.20. The molecule has 0 aliphatic carbocycles. The van der Waals surface area contributed by atoms with Gasteiger partial charge in [-0.25, -0.2) is 4.98 Å². The van der Waals surface area contributed by atoms with Gasteiger partial charge in [0.05, 0.1) is 18.5 Å². The summed E-state index contributed by atoms with van der Waals surface area (Å²) in [6.07, 6.45) is 4.80. The average Bonchev–Trinajstić information content (AvgIpc) is 2.77. The molecule has 1 unspecified atom stereocenters. The van der Waals surface area contributed by atoms with E-state index in [-0.39, 0.29) is 11.4 Å². The monoisotopic (exact) mass is 264 g/mol. The highest BCUT2D eigenvalue weighted by atomic mass is 16.5. The lowest BCUT2D eigenvalue weighted by Crippen LogP contribution is -2.26. The molecule has 6 heteroatoms. The van der Waals surface area contributed by atoms with Crippen LogP contribution in [-0.4, -0.2) is 42.0 Å². The zero-order valence-corrected chi connectivity index (χ0v) is 11.1. The van der Waals surface area contributed by atoms with E-state index in [1.54, 1.807) is 0 Å².